The van der Waals surface area contributed by atoms with Crippen molar-refractivity contribution in [2.75, 3.05) is 38.1 Å². The van der Waals surface area contributed by atoms with E-state index in [1.54, 1.807) is 7.05 Å². The molecule has 0 atom stereocenters. The van der Waals surface area contributed by atoms with Crippen LogP contribution in [0.25, 0.3) is 0 Å². The van der Waals surface area contributed by atoms with Crippen LogP contribution >= 0.6 is 12.2 Å². The van der Waals surface area contributed by atoms with Gasteiger partial charge in [0.1, 0.15) is 35.5 Å². The number of pyridine rings is 1. The van der Waals surface area contributed by atoms with Crippen LogP contribution in [0, 0.1) is 11.3 Å². The van der Waals surface area contributed by atoms with Crippen molar-refractivity contribution in [3.05, 3.63) is 35.8 Å². The number of H-pyrrole nitrogens is 1. The van der Waals surface area contributed by atoms with Gasteiger partial charge >= 0.3 is 0 Å². The highest BCUT2D eigenvalue weighted by atomic mass is 32.1. The number of aromatic amines is 1. The van der Waals surface area contributed by atoms with Gasteiger partial charge in [-0.25, -0.2) is 4.98 Å². The van der Waals surface area contributed by atoms with E-state index in [1.807, 2.05) is 29.3 Å². The van der Waals surface area contributed by atoms with Crippen LogP contribution in [0.4, 0.5) is 5.82 Å². The van der Waals surface area contributed by atoms with E-state index in [0.717, 1.165) is 32.0 Å². The first kappa shape index (κ1) is 15.1. The van der Waals surface area contributed by atoms with Gasteiger partial charge in [0.2, 0.25) is 0 Å². The van der Waals surface area contributed by atoms with E-state index in [9.17, 15) is 5.26 Å². The topological polar surface area (TPSA) is 82.5 Å². The van der Waals surface area contributed by atoms with E-state index in [4.69, 9.17) is 18.0 Å². The van der Waals surface area contributed by atoms with E-state index < -0.39 is 0 Å². The van der Waals surface area contributed by atoms with Crippen LogP contribution in [0.15, 0.2) is 35.8 Å². The Labute approximate surface area is 129 Å². The van der Waals surface area contributed by atoms with Crippen molar-refractivity contribution in [1.29, 1.82) is 5.26 Å². The summed E-state index contributed by atoms with van der Waals surface area (Å²) in [5.74, 6) is 1.54. The molecule has 1 aliphatic rings. The van der Waals surface area contributed by atoms with Crippen molar-refractivity contribution in [2.45, 2.75) is 0 Å². The Hall–Kier alpha value is -2.33. The molecular weight excluding hydrogens is 284 g/mol. The molecule has 0 spiro atoms. The molecule has 0 bridgehead atoms. The summed E-state index contributed by atoms with van der Waals surface area (Å²) in [5, 5.41) is 12.0. The maximum absolute atomic E-state index is 9.20. The molecule has 0 amide bonds. The zero-order chi connectivity index (χ0) is 15.2. The second-order valence-electron chi connectivity index (χ2n) is 4.67. The third kappa shape index (κ3) is 3.41. The molecule has 0 aliphatic carbocycles. The summed E-state index contributed by atoms with van der Waals surface area (Å²) >= 11 is 5.11. The lowest BCUT2D eigenvalue weighted by atomic mass is 10.2. The standard InChI is InChI=1S/C14H18N6S/c1-17-14(21)11(10-15)13(16)20-8-6-19(7-9-20)12-4-2-3-5-18-12/h2-5H,6-9,16H2,1H3,(H,17,21)/p+1/b13-11+. The quantitative estimate of drug-likeness (QED) is 0.460. The summed E-state index contributed by atoms with van der Waals surface area (Å²) < 4.78 is 0. The van der Waals surface area contributed by atoms with Gasteiger partial charge in [0.25, 0.3) is 5.82 Å². The molecule has 1 aromatic rings. The predicted octanol–water partition coefficient (Wildman–Crippen LogP) is -0.137. The van der Waals surface area contributed by atoms with Crippen molar-refractivity contribution in [3.8, 4) is 6.07 Å². The number of nitrogens with zero attached hydrogens (tertiary/aromatic N) is 3. The third-order valence-electron chi connectivity index (χ3n) is 3.48. The second kappa shape index (κ2) is 6.90. The summed E-state index contributed by atoms with van der Waals surface area (Å²) in [5.41, 5.74) is 6.43. The number of anilines is 1. The average Bonchev–Trinajstić information content (AvgIpc) is 2.56. The van der Waals surface area contributed by atoms with Crippen LogP contribution in [-0.2, 0) is 0 Å². The molecule has 1 saturated heterocycles. The number of nitriles is 1. The fourth-order valence-electron chi connectivity index (χ4n) is 2.28. The summed E-state index contributed by atoms with van der Waals surface area (Å²) in [6, 6.07) is 8.09. The molecule has 0 saturated carbocycles. The van der Waals surface area contributed by atoms with Gasteiger partial charge in [-0.05, 0) is 6.07 Å². The zero-order valence-corrected chi connectivity index (χ0v) is 12.8. The van der Waals surface area contributed by atoms with Crippen LogP contribution in [0.2, 0.25) is 0 Å². The lowest BCUT2D eigenvalue weighted by Gasteiger charge is -2.32. The molecule has 0 aromatic carbocycles. The van der Waals surface area contributed by atoms with E-state index in [0.29, 0.717) is 16.4 Å². The number of likely N-dealkylation sites (N-methyl/N-ethyl adjacent to an activating group) is 1. The van der Waals surface area contributed by atoms with Crippen LogP contribution in [-0.4, -0.2) is 43.1 Å². The predicted molar refractivity (Wildman–Crippen MR) is 85.3 cm³/mol. The Kier molecular flexibility index (Phi) is 4.95. The van der Waals surface area contributed by atoms with Crippen LogP contribution in [0.3, 0.4) is 0 Å². The van der Waals surface area contributed by atoms with Crippen LogP contribution < -0.4 is 20.9 Å². The fraction of sp³-hybridized carbons (Fsp3) is 0.357. The third-order valence-corrected chi connectivity index (χ3v) is 3.88. The minimum absolute atomic E-state index is 0.340. The monoisotopic (exact) mass is 303 g/mol. The highest BCUT2D eigenvalue weighted by molar-refractivity contribution is 7.80. The summed E-state index contributed by atoms with van der Waals surface area (Å²) in [6.45, 7) is 3.19. The van der Waals surface area contributed by atoms with E-state index in [1.165, 1.54) is 0 Å². The largest absolute Gasteiger partial charge is 0.384 e. The lowest BCUT2D eigenvalue weighted by Crippen LogP contribution is -2.49. The number of nitrogens with one attached hydrogen (secondary N) is 2. The highest BCUT2D eigenvalue weighted by Gasteiger charge is 2.25. The Morgan fingerprint density at radius 2 is 2.10 bits per heavy atom. The van der Waals surface area contributed by atoms with Gasteiger partial charge in [0.15, 0.2) is 0 Å². The normalized spacial score (nSPS) is 16.0. The van der Waals surface area contributed by atoms with Gasteiger partial charge in [0, 0.05) is 13.1 Å². The van der Waals surface area contributed by atoms with Crippen LogP contribution in [0.5, 0.6) is 0 Å². The molecule has 7 heteroatoms. The van der Waals surface area contributed by atoms with Crippen molar-refractivity contribution in [2.24, 2.45) is 5.73 Å². The highest BCUT2D eigenvalue weighted by Crippen LogP contribution is 2.13. The van der Waals surface area contributed by atoms with Crippen molar-refractivity contribution >= 4 is 23.0 Å². The average molecular weight is 303 g/mol. The number of rotatable bonds is 3. The van der Waals surface area contributed by atoms with E-state index in [-0.39, 0.29) is 0 Å². The zero-order valence-electron chi connectivity index (χ0n) is 12.0. The first-order valence-corrected chi connectivity index (χ1v) is 7.16. The second-order valence-corrected chi connectivity index (χ2v) is 5.08. The summed E-state index contributed by atoms with van der Waals surface area (Å²) in [4.78, 5) is 7.87. The molecule has 1 aromatic heterocycles. The number of hydrogen-bond acceptors (Lipinski definition) is 5. The van der Waals surface area contributed by atoms with Crippen LogP contribution in [0.1, 0.15) is 0 Å². The molecule has 2 heterocycles. The summed E-state index contributed by atoms with van der Waals surface area (Å²) in [6.07, 6.45) is 1.91. The van der Waals surface area contributed by atoms with Crippen molar-refractivity contribution in [3.63, 3.8) is 0 Å². The molecule has 110 valence electrons. The number of piperazine rings is 1. The lowest BCUT2D eigenvalue weighted by molar-refractivity contribution is -0.364. The van der Waals surface area contributed by atoms with Crippen molar-refractivity contribution in [1.82, 2.24) is 10.2 Å². The molecule has 2 rings (SSSR count). The molecular formula is C14H19N6S+. The van der Waals surface area contributed by atoms with Gasteiger partial charge in [-0.3, -0.25) is 4.90 Å². The Morgan fingerprint density at radius 1 is 1.38 bits per heavy atom. The molecule has 0 unspecified atom stereocenters. The number of nitrogens with two attached hydrogens (primary N) is 1. The smallest absolute Gasteiger partial charge is 0.274 e. The minimum atomic E-state index is 0.340. The molecule has 1 aliphatic heterocycles. The van der Waals surface area contributed by atoms with Gasteiger partial charge in [0.05, 0.1) is 19.3 Å². The minimum Gasteiger partial charge on any atom is -0.384 e. The number of aromatic nitrogens is 1. The SMILES string of the molecule is CNC(=S)/C(C#N)=C(\N)N1CCN(c2cccc[nH+]2)CC1. The van der Waals surface area contributed by atoms with Gasteiger partial charge in [-0.1, -0.05) is 18.3 Å². The van der Waals surface area contributed by atoms with E-state index >= 15 is 0 Å². The number of thiocarbonyl (C=S) groups is 1. The molecule has 21 heavy (non-hydrogen) atoms. The van der Waals surface area contributed by atoms with Gasteiger partial charge in [-0.2, -0.15) is 5.26 Å². The van der Waals surface area contributed by atoms with Gasteiger partial charge < -0.3 is 16.0 Å². The first-order chi connectivity index (χ1) is 10.2. The molecule has 6 nitrogen and oxygen atoms in total. The Morgan fingerprint density at radius 3 is 2.62 bits per heavy atom. The Bertz CT molecular complexity index is 569. The molecule has 0 radical (unpaired) electrons. The van der Waals surface area contributed by atoms with Crippen molar-refractivity contribution < 1.29 is 4.98 Å². The van der Waals surface area contributed by atoms with E-state index in [2.05, 4.69) is 21.3 Å². The molecule has 1 fully saturated rings. The number of hydrogen-bond donors (Lipinski definition) is 2. The maximum atomic E-state index is 9.20. The fourth-order valence-corrected chi connectivity index (χ4v) is 2.43. The Balaban J connectivity index is 2.05. The molecule has 4 N–H and O–H groups in total. The summed E-state index contributed by atoms with van der Waals surface area (Å²) in [7, 11) is 1.69. The maximum Gasteiger partial charge on any atom is 0.274 e. The van der Waals surface area contributed by atoms with Gasteiger partial charge in [-0.15, -0.1) is 0 Å². The first-order valence-electron chi connectivity index (χ1n) is 6.76.